The molecule has 7 heteroatoms. The summed E-state index contributed by atoms with van der Waals surface area (Å²) < 4.78 is 5.98. The highest BCUT2D eigenvalue weighted by atomic mass is 16.5. The number of hydrogen-bond donors (Lipinski definition) is 2. The molecule has 1 amide bonds. The molecule has 4 rings (SSSR count). The minimum Gasteiger partial charge on any atom is -0.457 e. The van der Waals surface area contributed by atoms with E-state index in [-0.39, 0.29) is 5.91 Å². The Bertz CT molecular complexity index is 1110. The Balaban J connectivity index is 1.59. The van der Waals surface area contributed by atoms with Crippen LogP contribution in [0.5, 0.6) is 11.5 Å². The van der Waals surface area contributed by atoms with Crippen LogP contribution in [0.25, 0.3) is 0 Å². The molecule has 7 nitrogen and oxygen atoms in total. The lowest BCUT2D eigenvalue weighted by molar-refractivity contribution is -0.114. The molecule has 0 spiro atoms. The molecule has 30 heavy (non-hydrogen) atoms. The topological polar surface area (TPSA) is 88.5 Å². The smallest absolute Gasteiger partial charge is 0.221 e. The van der Waals surface area contributed by atoms with E-state index in [0.29, 0.717) is 17.2 Å². The number of benzene rings is 2. The van der Waals surface area contributed by atoms with Gasteiger partial charge in [-0.1, -0.05) is 12.1 Å². The number of amides is 1. The average Bonchev–Trinajstić information content (AvgIpc) is 2.90. The molecule has 0 bridgehead atoms. The van der Waals surface area contributed by atoms with Gasteiger partial charge in [0.25, 0.3) is 0 Å². The van der Waals surface area contributed by atoms with Crippen molar-refractivity contribution in [1.29, 1.82) is 0 Å². The number of rotatable bonds is 4. The van der Waals surface area contributed by atoms with E-state index >= 15 is 0 Å². The van der Waals surface area contributed by atoms with Gasteiger partial charge in [0.2, 0.25) is 5.91 Å². The third-order valence-corrected chi connectivity index (χ3v) is 4.57. The first-order valence-corrected chi connectivity index (χ1v) is 9.88. The van der Waals surface area contributed by atoms with Crippen LogP contribution in [0.15, 0.2) is 59.7 Å². The third-order valence-electron chi connectivity index (χ3n) is 4.57. The second kappa shape index (κ2) is 8.73. The van der Waals surface area contributed by atoms with Crippen LogP contribution in [0.3, 0.4) is 0 Å². The van der Waals surface area contributed by atoms with Crippen molar-refractivity contribution in [3.63, 3.8) is 0 Å². The number of carbonyl (C=O) groups is 1. The summed E-state index contributed by atoms with van der Waals surface area (Å²) >= 11 is 0. The fourth-order valence-electron chi connectivity index (χ4n) is 3.28. The number of anilines is 2. The van der Waals surface area contributed by atoms with Crippen molar-refractivity contribution in [3.8, 4) is 11.5 Å². The maximum atomic E-state index is 11.3. The van der Waals surface area contributed by atoms with Gasteiger partial charge in [0.05, 0.1) is 17.0 Å². The predicted octanol–water partition coefficient (Wildman–Crippen LogP) is 4.86. The lowest BCUT2D eigenvalue weighted by Crippen LogP contribution is -2.06. The largest absolute Gasteiger partial charge is 0.457 e. The van der Waals surface area contributed by atoms with E-state index in [1.54, 1.807) is 6.07 Å². The lowest BCUT2D eigenvalue weighted by atomic mass is 10.1. The molecule has 152 valence electrons. The van der Waals surface area contributed by atoms with Crippen molar-refractivity contribution >= 4 is 28.8 Å². The van der Waals surface area contributed by atoms with Crippen molar-refractivity contribution in [2.45, 2.75) is 26.7 Å². The number of aliphatic imine (C=N–C) groups is 1. The highest BCUT2D eigenvalue weighted by Crippen LogP contribution is 2.29. The van der Waals surface area contributed by atoms with E-state index < -0.39 is 0 Å². The predicted molar refractivity (Wildman–Crippen MR) is 118 cm³/mol. The third kappa shape index (κ3) is 4.81. The van der Waals surface area contributed by atoms with Gasteiger partial charge in [0.15, 0.2) is 0 Å². The van der Waals surface area contributed by atoms with E-state index in [4.69, 9.17) is 9.73 Å². The molecule has 2 aromatic carbocycles. The summed E-state index contributed by atoms with van der Waals surface area (Å²) in [5, 5.41) is 6.12. The summed E-state index contributed by atoms with van der Waals surface area (Å²) in [5.74, 6) is 2.76. The number of hydrogen-bond acceptors (Lipinski definition) is 6. The Morgan fingerprint density at radius 3 is 2.80 bits per heavy atom. The molecule has 0 radical (unpaired) electrons. The minimum atomic E-state index is -0.123. The fourth-order valence-corrected chi connectivity index (χ4v) is 3.28. The first-order valence-electron chi connectivity index (χ1n) is 9.88. The molecule has 2 heterocycles. The maximum Gasteiger partial charge on any atom is 0.221 e. The van der Waals surface area contributed by atoms with Crippen LogP contribution in [0, 0.1) is 6.92 Å². The molecule has 3 aromatic rings. The Hall–Kier alpha value is -3.74. The van der Waals surface area contributed by atoms with E-state index in [2.05, 4.69) is 20.6 Å². The molecule has 0 fully saturated rings. The second-order valence-electron chi connectivity index (χ2n) is 7.08. The van der Waals surface area contributed by atoms with Crippen LogP contribution in [0.4, 0.5) is 17.2 Å². The van der Waals surface area contributed by atoms with Gasteiger partial charge < -0.3 is 15.4 Å². The van der Waals surface area contributed by atoms with Crippen LogP contribution in [-0.4, -0.2) is 28.1 Å². The fraction of sp³-hybridized carbons (Fsp3) is 0.217. The molecule has 0 atom stereocenters. The summed E-state index contributed by atoms with van der Waals surface area (Å²) in [4.78, 5) is 25.0. The normalized spacial score (nSPS) is 14.4. The average molecular weight is 401 g/mol. The molecule has 0 unspecified atom stereocenters. The number of aromatic nitrogens is 2. The Labute approximate surface area is 175 Å². The van der Waals surface area contributed by atoms with Crippen molar-refractivity contribution in [1.82, 2.24) is 9.97 Å². The zero-order valence-corrected chi connectivity index (χ0v) is 17.0. The van der Waals surface area contributed by atoms with E-state index in [1.165, 1.54) is 6.92 Å². The van der Waals surface area contributed by atoms with Gasteiger partial charge in [-0.25, -0.2) is 9.97 Å². The van der Waals surface area contributed by atoms with Gasteiger partial charge in [-0.15, -0.1) is 0 Å². The van der Waals surface area contributed by atoms with E-state index in [9.17, 15) is 4.79 Å². The number of nitrogens with zero attached hydrogens (tertiary/aromatic N) is 3. The first-order chi connectivity index (χ1) is 14.6. The number of carbonyl (C=O) groups excluding carboxylic acids is 1. The maximum absolute atomic E-state index is 11.3. The lowest BCUT2D eigenvalue weighted by Gasteiger charge is -2.10. The quantitative estimate of drug-likeness (QED) is 0.652. The number of fused-ring (bicyclic) bond motifs is 1. The van der Waals surface area contributed by atoms with Crippen LogP contribution >= 0.6 is 0 Å². The summed E-state index contributed by atoms with van der Waals surface area (Å²) in [6, 6.07) is 14.9. The van der Waals surface area contributed by atoms with Crippen molar-refractivity contribution in [3.05, 3.63) is 66.1 Å². The monoisotopic (exact) mass is 401 g/mol. The highest BCUT2D eigenvalue weighted by molar-refractivity contribution is 6.05. The molecule has 0 saturated carbocycles. The number of aryl methyl sites for hydroxylation is 1. The molecular weight excluding hydrogens is 378 g/mol. The molecule has 0 aliphatic carbocycles. The van der Waals surface area contributed by atoms with Gasteiger partial charge in [-0.3, -0.25) is 9.79 Å². The zero-order valence-electron chi connectivity index (χ0n) is 17.0. The van der Waals surface area contributed by atoms with Crippen LogP contribution in [0.1, 0.15) is 31.2 Å². The van der Waals surface area contributed by atoms with Crippen LogP contribution in [-0.2, 0) is 4.79 Å². The van der Waals surface area contributed by atoms with E-state index in [1.807, 2.05) is 55.6 Å². The SMILES string of the molecule is CC(=O)Nc1cccc(Oc2cccc(N=C3CCCNc4nc(C)ncc43)c2)c1. The van der Waals surface area contributed by atoms with Gasteiger partial charge in [0, 0.05) is 37.5 Å². The number of nitrogens with one attached hydrogen (secondary N) is 2. The highest BCUT2D eigenvalue weighted by Gasteiger charge is 2.16. The molecule has 1 aromatic heterocycles. The van der Waals surface area contributed by atoms with Crippen molar-refractivity contribution in [2.24, 2.45) is 4.99 Å². The molecular formula is C23H23N5O2. The Morgan fingerprint density at radius 2 is 1.97 bits per heavy atom. The molecule has 0 saturated heterocycles. The second-order valence-corrected chi connectivity index (χ2v) is 7.08. The summed E-state index contributed by atoms with van der Waals surface area (Å²) in [6.45, 7) is 4.21. The molecule has 2 N–H and O–H groups in total. The van der Waals surface area contributed by atoms with Gasteiger partial charge >= 0.3 is 0 Å². The standard InChI is InChI=1S/C23H23N5O2/c1-15-25-14-21-22(10-5-11-24-23(21)26-15)28-18-7-4-9-20(13-18)30-19-8-3-6-17(12-19)27-16(2)29/h3-4,6-9,12-14H,5,10-11H2,1-2H3,(H,27,29)(H,24,25,26). The molecule has 1 aliphatic heterocycles. The van der Waals surface area contributed by atoms with Crippen molar-refractivity contribution < 1.29 is 9.53 Å². The van der Waals surface area contributed by atoms with Crippen molar-refractivity contribution in [2.75, 3.05) is 17.2 Å². The summed E-state index contributed by atoms with van der Waals surface area (Å²) in [5.41, 5.74) is 3.38. The Morgan fingerprint density at radius 1 is 1.17 bits per heavy atom. The summed E-state index contributed by atoms with van der Waals surface area (Å²) in [6.07, 6.45) is 3.65. The minimum absolute atomic E-state index is 0.123. The first kappa shape index (κ1) is 19.6. The van der Waals surface area contributed by atoms with Gasteiger partial charge in [0.1, 0.15) is 23.1 Å². The summed E-state index contributed by atoms with van der Waals surface area (Å²) in [7, 11) is 0. The molecule has 1 aliphatic rings. The van der Waals surface area contributed by atoms with Gasteiger partial charge in [-0.05, 0) is 44.0 Å². The Kier molecular flexibility index (Phi) is 5.70. The number of ether oxygens (including phenoxy) is 1. The van der Waals surface area contributed by atoms with Crippen LogP contribution in [0.2, 0.25) is 0 Å². The zero-order chi connectivity index (χ0) is 20.9. The van der Waals surface area contributed by atoms with E-state index in [0.717, 1.165) is 48.0 Å². The van der Waals surface area contributed by atoms with Crippen LogP contribution < -0.4 is 15.4 Å². The van der Waals surface area contributed by atoms with Gasteiger partial charge in [-0.2, -0.15) is 0 Å².